The van der Waals surface area contributed by atoms with Gasteiger partial charge in [-0.15, -0.1) is 0 Å². The number of anilines is 1. The molecule has 1 aromatic rings. The minimum atomic E-state index is -4.24. The Kier molecular flexibility index (Phi) is 3.82. The van der Waals surface area contributed by atoms with Gasteiger partial charge in [0.05, 0.1) is 5.92 Å². The highest BCUT2D eigenvalue weighted by Gasteiger charge is 2.51. The lowest BCUT2D eigenvalue weighted by molar-refractivity contribution is -0.207. The third-order valence-corrected chi connectivity index (χ3v) is 4.70. The van der Waals surface area contributed by atoms with E-state index in [1.54, 1.807) is 31.2 Å². The van der Waals surface area contributed by atoms with E-state index in [9.17, 15) is 22.8 Å². The van der Waals surface area contributed by atoms with Crippen molar-refractivity contribution in [1.82, 2.24) is 4.90 Å². The topological polar surface area (TPSA) is 49.4 Å². The highest BCUT2D eigenvalue weighted by Crippen LogP contribution is 2.45. The molecule has 23 heavy (non-hydrogen) atoms. The summed E-state index contributed by atoms with van der Waals surface area (Å²) >= 11 is 0. The molecule has 1 heterocycles. The van der Waals surface area contributed by atoms with E-state index < -0.39 is 24.1 Å². The Hall–Kier alpha value is -2.05. The van der Waals surface area contributed by atoms with E-state index >= 15 is 0 Å². The number of benzene rings is 1. The first-order valence-corrected chi connectivity index (χ1v) is 7.53. The Bertz CT molecular complexity index is 638. The summed E-state index contributed by atoms with van der Waals surface area (Å²) in [5, 5.41) is 2.75. The fourth-order valence-electron chi connectivity index (χ4n) is 3.07. The highest BCUT2D eigenvalue weighted by molar-refractivity contribution is 5.98. The molecule has 1 saturated carbocycles. The van der Waals surface area contributed by atoms with Crippen LogP contribution in [0.3, 0.4) is 0 Å². The number of amides is 2. The largest absolute Gasteiger partial charge is 0.391 e. The summed E-state index contributed by atoms with van der Waals surface area (Å²) in [6.07, 6.45) is -4.62. The van der Waals surface area contributed by atoms with E-state index in [4.69, 9.17) is 0 Å². The van der Waals surface area contributed by atoms with E-state index in [0.29, 0.717) is 5.69 Å². The molecule has 1 aliphatic heterocycles. The second-order valence-corrected chi connectivity index (χ2v) is 6.20. The molecule has 0 aromatic heterocycles. The van der Waals surface area contributed by atoms with E-state index in [-0.39, 0.29) is 31.2 Å². The molecular weight excluding hydrogens is 309 g/mol. The molecule has 0 saturated heterocycles. The summed E-state index contributed by atoms with van der Waals surface area (Å²) in [7, 11) is 0. The molecule has 1 N–H and O–H groups in total. The molecule has 7 heteroatoms. The minimum Gasteiger partial charge on any atom is -0.326 e. The normalized spacial score (nSPS) is 27.6. The van der Waals surface area contributed by atoms with Crippen LogP contribution in [0, 0.1) is 11.8 Å². The van der Waals surface area contributed by atoms with Crippen molar-refractivity contribution in [3.63, 3.8) is 0 Å². The van der Waals surface area contributed by atoms with Crippen LogP contribution in [0.2, 0.25) is 0 Å². The zero-order valence-electron chi connectivity index (χ0n) is 12.6. The Balaban J connectivity index is 1.76. The summed E-state index contributed by atoms with van der Waals surface area (Å²) in [5.74, 6) is -2.75. The van der Waals surface area contributed by atoms with Crippen molar-refractivity contribution >= 4 is 17.5 Å². The number of fused-ring (bicyclic) bond motifs is 1. The monoisotopic (exact) mass is 326 g/mol. The van der Waals surface area contributed by atoms with Gasteiger partial charge in [-0.3, -0.25) is 9.59 Å². The molecule has 124 valence electrons. The predicted molar refractivity (Wildman–Crippen MR) is 77.4 cm³/mol. The Morgan fingerprint density at radius 2 is 1.91 bits per heavy atom. The van der Waals surface area contributed by atoms with Crippen molar-refractivity contribution in [2.75, 3.05) is 5.32 Å². The molecule has 0 bridgehead atoms. The first-order chi connectivity index (χ1) is 10.8. The summed E-state index contributed by atoms with van der Waals surface area (Å²) < 4.78 is 37.8. The van der Waals surface area contributed by atoms with Crippen LogP contribution in [0.15, 0.2) is 24.3 Å². The van der Waals surface area contributed by atoms with Crippen LogP contribution in [0.5, 0.6) is 0 Å². The fourth-order valence-corrected chi connectivity index (χ4v) is 3.07. The summed E-state index contributed by atoms with van der Waals surface area (Å²) in [6, 6.07) is 6.41. The third-order valence-electron chi connectivity index (χ3n) is 4.70. The van der Waals surface area contributed by atoms with Crippen LogP contribution in [0.25, 0.3) is 0 Å². The first kappa shape index (κ1) is 15.8. The van der Waals surface area contributed by atoms with Crippen molar-refractivity contribution in [2.45, 2.75) is 38.5 Å². The lowest BCUT2D eigenvalue weighted by Crippen LogP contribution is -2.50. The molecule has 3 rings (SSSR count). The van der Waals surface area contributed by atoms with Gasteiger partial charge < -0.3 is 10.2 Å². The molecule has 1 fully saturated rings. The van der Waals surface area contributed by atoms with Gasteiger partial charge in [-0.25, -0.2) is 0 Å². The summed E-state index contributed by atoms with van der Waals surface area (Å²) in [6.45, 7) is 1.82. The van der Waals surface area contributed by atoms with Crippen molar-refractivity contribution in [2.24, 2.45) is 11.8 Å². The molecular formula is C16H17F3N2O2. The van der Waals surface area contributed by atoms with Crippen LogP contribution in [0.4, 0.5) is 18.9 Å². The van der Waals surface area contributed by atoms with Crippen molar-refractivity contribution in [3.05, 3.63) is 29.8 Å². The van der Waals surface area contributed by atoms with Crippen molar-refractivity contribution in [3.8, 4) is 0 Å². The minimum absolute atomic E-state index is 0.186. The number of nitrogens with zero attached hydrogens (tertiary/aromatic N) is 1. The van der Waals surface area contributed by atoms with Gasteiger partial charge >= 0.3 is 6.18 Å². The van der Waals surface area contributed by atoms with Gasteiger partial charge in [-0.2, -0.15) is 13.2 Å². The summed E-state index contributed by atoms with van der Waals surface area (Å²) in [4.78, 5) is 26.1. The van der Waals surface area contributed by atoms with Crippen LogP contribution in [-0.2, 0) is 16.1 Å². The Labute approximate surface area is 131 Å². The van der Waals surface area contributed by atoms with E-state index in [0.717, 1.165) is 5.56 Å². The number of alkyl halides is 3. The van der Waals surface area contributed by atoms with Crippen molar-refractivity contribution in [1.29, 1.82) is 0 Å². The maximum Gasteiger partial charge on any atom is 0.391 e. The quantitative estimate of drug-likeness (QED) is 0.862. The Morgan fingerprint density at radius 3 is 2.57 bits per heavy atom. The predicted octanol–water partition coefficient (Wildman–Crippen LogP) is 2.94. The number of carbonyl (C=O) groups excluding carboxylic acids is 2. The molecule has 2 aliphatic rings. The molecule has 1 aliphatic carbocycles. The van der Waals surface area contributed by atoms with Gasteiger partial charge in [0, 0.05) is 18.2 Å². The Morgan fingerprint density at radius 1 is 1.26 bits per heavy atom. The molecule has 1 unspecified atom stereocenters. The maximum absolute atomic E-state index is 12.6. The lowest BCUT2D eigenvalue weighted by atomic mass is 9.73. The number of nitrogens with one attached hydrogen (secondary N) is 1. The maximum atomic E-state index is 12.6. The molecule has 2 amide bonds. The van der Waals surface area contributed by atoms with E-state index in [1.165, 1.54) is 4.90 Å². The number of hydrogen-bond donors (Lipinski definition) is 1. The highest BCUT2D eigenvalue weighted by atomic mass is 19.4. The second kappa shape index (κ2) is 5.54. The number of rotatable bonds is 1. The smallest absolute Gasteiger partial charge is 0.326 e. The van der Waals surface area contributed by atoms with Crippen molar-refractivity contribution < 1.29 is 22.8 Å². The fraction of sp³-hybridized carbons (Fsp3) is 0.500. The van der Waals surface area contributed by atoms with Crippen LogP contribution < -0.4 is 5.32 Å². The zero-order chi connectivity index (χ0) is 16.8. The number of halogens is 3. The average Bonchev–Trinajstić information content (AvgIpc) is 2.53. The third kappa shape index (κ3) is 2.92. The van der Waals surface area contributed by atoms with Crippen LogP contribution >= 0.6 is 0 Å². The number of hydrogen-bond acceptors (Lipinski definition) is 2. The first-order valence-electron chi connectivity index (χ1n) is 7.53. The van der Waals surface area contributed by atoms with Gasteiger partial charge in [0.25, 0.3) is 0 Å². The van der Waals surface area contributed by atoms with Gasteiger partial charge in [0.2, 0.25) is 11.8 Å². The average molecular weight is 326 g/mol. The van der Waals surface area contributed by atoms with Gasteiger partial charge in [-0.1, -0.05) is 18.2 Å². The number of carbonyl (C=O) groups is 2. The zero-order valence-corrected chi connectivity index (χ0v) is 12.6. The molecule has 1 atom stereocenters. The van der Waals surface area contributed by atoms with Gasteiger partial charge in [-0.05, 0) is 31.4 Å². The summed E-state index contributed by atoms with van der Waals surface area (Å²) in [5.41, 5.74) is 1.42. The lowest BCUT2D eigenvalue weighted by Gasteiger charge is -2.39. The van der Waals surface area contributed by atoms with E-state index in [1.807, 2.05) is 0 Å². The SMILES string of the molecule is CC1C(=O)Nc2ccccc2CN1C(=O)C1CC(C(F)(F)F)C1. The van der Waals surface area contributed by atoms with Crippen LogP contribution in [-0.4, -0.2) is 28.9 Å². The number of para-hydroxylation sites is 1. The molecule has 1 aromatic carbocycles. The van der Waals surface area contributed by atoms with Crippen LogP contribution in [0.1, 0.15) is 25.3 Å². The second-order valence-electron chi connectivity index (χ2n) is 6.20. The molecule has 0 spiro atoms. The standard InChI is InChI=1S/C16H17F3N2O2/c1-9-14(22)20-13-5-3-2-4-10(13)8-21(9)15(23)11-6-12(7-11)16(17,18)19/h2-5,9,11-12H,6-8H2,1H3,(H,20,22). The van der Waals surface area contributed by atoms with Gasteiger partial charge in [0.1, 0.15) is 6.04 Å². The van der Waals surface area contributed by atoms with E-state index in [2.05, 4.69) is 5.32 Å². The molecule has 0 radical (unpaired) electrons. The molecule has 4 nitrogen and oxygen atoms in total. The van der Waals surface area contributed by atoms with Gasteiger partial charge in [0.15, 0.2) is 0 Å².